The number of aryl methyl sites for hydroxylation is 1. The van der Waals surface area contributed by atoms with Crippen LogP contribution in [0.25, 0.3) is 0 Å². The smallest absolute Gasteiger partial charge is 0.379 e. The van der Waals surface area contributed by atoms with E-state index in [1.54, 1.807) is 18.5 Å². The molecule has 3 aromatic rings. The van der Waals surface area contributed by atoms with Crippen LogP contribution >= 0.6 is 0 Å². The van der Waals surface area contributed by atoms with E-state index in [2.05, 4.69) is 10.2 Å². The maximum atomic E-state index is 14.2. The van der Waals surface area contributed by atoms with Crippen molar-refractivity contribution in [3.8, 4) is 0 Å². The third-order valence-electron chi connectivity index (χ3n) is 8.26. The molecule has 1 amide bonds. The van der Waals surface area contributed by atoms with Gasteiger partial charge in [-0.05, 0) is 48.2 Å². The molecule has 2 aromatic carbocycles. The number of alkyl halides is 3. The summed E-state index contributed by atoms with van der Waals surface area (Å²) in [5, 5.41) is 8.16. The zero-order valence-electron chi connectivity index (χ0n) is 21.4. The van der Waals surface area contributed by atoms with Crippen LogP contribution in [0, 0.1) is 5.92 Å². The molecule has 204 valence electrons. The first-order valence-corrected chi connectivity index (χ1v) is 13.0. The van der Waals surface area contributed by atoms with Gasteiger partial charge in [0, 0.05) is 54.8 Å². The number of anilines is 2. The van der Waals surface area contributed by atoms with Crippen molar-refractivity contribution in [3.05, 3.63) is 70.8 Å². The van der Waals surface area contributed by atoms with Crippen LogP contribution in [0.1, 0.15) is 45.7 Å². The second-order valence-electron chi connectivity index (χ2n) is 10.7. The van der Waals surface area contributed by atoms with Gasteiger partial charge in [0.1, 0.15) is 18.4 Å². The summed E-state index contributed by atoms with van der Waals surface area (Å²) in [6.45, 7) is 1.72. The van der Waals surface area contributed by atoms with Crippen molar-refractivity contribution in [1.29, 1.82) is 0 Å². The number of rotatable bonds is 6. The van der Waals surface area contributed by atoms with Gasteiger partial charge >= 0.3 is 6.18 Å². The van der Waals surface area contributed by atoms with Crippen LogP contribution in [0.4, 0.5) is 24.5 Å². The molecule has 4 heterocycles. The monoisotopic (exact) mass is 539 g/mol. The number of amides is 1. The number of fused-ring (bicyclic) bond motifs is 1. The first kappa shape index (κ1) is 25.5. The Morgan fingerprint density at radius 1 is 1.13 bits per heavy atom. The van der Waals surface area contributed by atoms with E-state index >= 15 is 0 Å². The Kier molecular flexibility index (Phi) is 6.21. The summed E-state index contributed by atoms with van der Waals surface area (Å²) in [5.41, 5.74) is 0.764. The first-order valence-electron chi connectivity index (χ1n) is 13.0. The van der Waals surface area contributed by atoms with E-state index in [1.807, 2.05) is 34.7 Å². The van der Waals surface area contributed by atoms with Crippen LogP contribution in [-0.2, 0) is 41.1 Å². The van der Waals surface area contributed by atoms with Crippen LogP contribution in [0.2, 0.25) is 0 Å². The highest BCUT2D eigenvalue weighted by Gasteiger charge is 2.44. The molecule has 0 N–H and O–H groups in total. The third kappa shape index (κ3) is 4.48. The van der Waals surface area contributed by atoms with Gasteiger partial charge in [-0.2, -0.15) is 13.2 Å². The summed E-state index contributed by atoms with van der Waals surface area (Å²) >= 11 is 0. The minimum Gasteiger partial charge on any atom is -0.379 e. The molecule has 1 aromatic heterocycles. The van der Waals surface area contributed by atoms with Crippen LogP contribution in [0.3, 0.4) is 0 Å². The molecule has 0 saturated carbocycles. The SMILES string of the molecule is Cn1cnnc1CC1(c2cccc(N3Cc4c(cc(N5CCC(C=O)CC5)cc4C(F)(F)F)C3=O)c2)COC1. The number of aldehydes is 1. The standard InChI is InChI=1S/C28H28F3N5O3/c1-34-17-32-33-25(34)12-27(15-39-16-27)19-3-2-4-20(9-19)36-13-23-22(26(36)38)10-21(11-24(23)28(29,30)31)35-7-5-18(14-37)6-8-35/h2-4,9-11,14,17-18H,5-8,12-13,15-16H2,1H3. The van der Waals surface area contributed by atoms with Gasteiger partial charge in [-0.15, -0.1) is 10.2 Å². The van der Waals surface area contributed by atoms with Gasteiger partial charge in [0.15, 0.2) is 0 Å². The zero-order valence-corrected chi connectivity index (χ0v) is 21.4. The molecule has 3 aliphatic heterocycles. The average molecular weight is 540 g/mol. The fourth-order valence-corrected chi connectivity index (χ4v) is 5.82. The van der Waals surface area contributed by atoms with Crippen LogP contribution < -0.4 is 9.80 Å². The Morgan fingerprint density at radius 3 is 2.51 bits per heavy atom. The number of halogens is 3. The predicted molar refractivity (Wildman–Crippen MR) is 137 cm³/mol. The summed E-state index contributed by atoms with van der Waals surface area (Å²) in [6, 6.07) is 10.1. The van der Waals surface area contributed by atoms with Gasteiger partial charge in [-0.25, -0.2) is 0 Å². The van der Waals surface area contributed by atoms with E-state index in [0.717, 1.165) is 23.7 Å². The van der Waals surface area contributed by atoms with Gasteiger partial charge in [0.2, 0.25) is 0 Å². The molecule has 39 heavy (non-hydrogen) atoms. The predicted octanol–water partition coefficient (Wildman–Crippen LogP) is 3.92. The lowest BCUT2D eigenvalue weighted by Crippen LogP contribution is -2.49. The number of hydrogen-bond donors (Lipinski definition) is 0. The maximum absolute atomic E-state index is 14.2. The molecule has 0 bridgehead atoms. The summed E-state index contributed by atoms with van der Waals surface area (Å²) < 4.78 is 50.1. The first-order chi connectivity index (χ1) is 18.7. The number of carbonyl (C=O) groups excluding carboxylic acids is 2. The Labute approximate surface area is 223 Å². The molecule has 0 radical (unpaired) electrons. The van der Waals surface area contributed by atoms with E-state index in [4.69, 9.17) is 4.74 Å². The number of aromatic nitrogens is 3. The molecule has 0 aliphatic carbocycles. The molecule has 3 aliphatic rings. The fraction of sp³-hybridized carbons (Fsp3) is 0.429. The fourth-order valence-electron chi connectivity index (χ4n) is 5.82. The Morgan fingerprint density at radius 2 is 1.90 bits per heavy atom. The highest BCUT2D eigenvalue weighted by molar-refractivity contribution is 6.11. The number of hydrogen-bond acceptors (Lipinski definition) is 6. The largest absolute Gasteiger partial charge is 0.416 e. The van der Waals surface area contributed by atoms with E-state index in [0.29, 0.717) is 56.9 Å². The van der Waals surface area contributed by atoms with Crippen LogP contribution in [-0.4, -0.2) is 53.3 Å². The topological polar surface area (TPSA) is 80.6 Å². The number of carbonyl (C=O) groups is 2. The lowest BCUT2D eigenvalue weighted by Gasteiger charge is -2.42. The molecule has 0 spiro atoms. The summed E-state index contributed by atoms with van der Waals surface area (Å²) in [5.74, 6) is 0.262. The summed E-state index contributed by atoms with van der Waals surface area (Å²) in [4.78, 5) is 28.0. The van der Waals surface area contributed by atoms with E-state index < -0.39 is 17.6 Å². The molecule has 2 saturated heterocycles. The number of benzene rings is 2. The highest BCUT2D eigenvalue weighted by Crippen LogP contribution is 2.43. The normalized spacial score (nSPS) is 19.2. The van der Waals surface area contributed by atoms with E-state index in [9.17, 15) is 22.8 Å². The molecule has 2 fully saturated rings. The number of piperidine rings is 1. The van der Waals surface area contributed by atoms with Gasteiger partial charge in [-0.1, -0.05) is 12.1 Å². The second-order valence-corrected chi connectivity index (χ2v) is 10.7. The van der Waals surface area contributed by atoms with Crippen molar-refractivity contribution in [1.82, 2.24) is 14.8 Å². The minimum absolute atomic E-state index is 0.00907. The molecular weight excluding hydrogens is 511 g/mol. The Hall–Kier alpha value is -3.73. The zero-order chi connectivity index (χ0) is 27.4. The Balaban J connectivity index is 1.32. The van der Waals surface area contributed by atoms with Crippen molar-refractivity contribution in [2.24, 2.45) is 13.0 Å². The highest BCUT2D eigenvalue weighted by atomic mass is 19.4. The van der Waals surface area contributed by atoms with Crippen molar-refractivity contribution in [2.75, 3.05) is 36.1 Å². The minimum atomic E-state index is -4.61. The maximum Gasteiger partial charge on any atom is 0.416 e. The molecule has 0 unspecified atom stereocenters. The average Bonchev–Trinajstić information content (AvgIpc) is 3.47. The lowest BCUT2D eigenvalue weighted by atomic mass is 9.75. The lowest BCUT2D eigenvalue weighted by molar-refractivity contribution is -0.138. The number of nitrogens with zero attached hydrogens (tertiary/aromatic N) is 5. The molecule has 0 atom stereocenters. The summed E-state index contributed by atoms with van der Waals surface area (Å²) in [6.07, 6.45) is -0.324. The van der Waals surface area contributed by atoms with Crippen LogP contribution in [0.15, 0.2) is 42.7 Å². The number of ether oxygens (including phenoxy) is 1. The summed E-state index contributed by atoms with van der Waals surface area (Å²) in [7, 11) is 1.87. The molecule has 11 heteroatoms. The van der Waals surface area contributed by atoms with E-state index in [-0.39, 0.29) is 29.0 Å². The molecule has 6 rings (SSSR count). The molecule has 8 nitrogen and oxygen atoms in total. The third-order valence-corrected chi connectivity index (χ3v) is 8.26. The van der Waals surface area contributed by atoms with Crippen molar-refractivity contribution >= 4 is 23.6 Å². The van der Waals surface area contributed by atoms with Crippen molar-refractivity contribution in [2.45, 2.75) is 37.4 Å². The quantitative estimate of drug-likeness (QED) is 0.442. The second kappa shape index (κ2) is 9.48. The van der Waals surface area contributed by atoms with Gasteiger partial charge in [0.25, 0.3) is 5.91 Å². The van der Waals surface area contributed by atoms with Gasteiger partial charge in [-0.3, -0.25) is 4.79 Å². The van der Waals surface area contributed by atoms with Crippen LogP contribution in [0.5, 0.6) is 0 Å². The Bertz CT molecular complexity index is 1420. The van der Waals surface area contributed by atoms with Gasteiger partial charge in [0.05, 0.1) is 25.3 Å². The van der Waals surface area contributed by atoms with Crippen molar-refractivity contribution in [3.63, 3.8) is 0 Å². The molecular formula is C28H28F3N5O3. The van der Waals surface area contributed by atoms with Crippen molar-refractivity contribution < 1.29 is 27.5 Å². The van der Waals surface area contributed by atoms with E-state index in [1.165, 1.54) is 4.90 Å². The van der Waals surface area contributed by atoms with Gasteiger partial charge < -0.3 is 23.9 Å².